The van der Waals surface area contributed by atoms with Crippen molar-refractivity contribution in [2.45, 2.75) is 52.1 Å². The summed E-state index contributed by atoms with van der Waals surface area (Å²) in [5.74, 6) is -1.45. The number of rotatable bonds is 8. The third-order valence-electron chi connectivity index (χ3n) is 2.50. The second kappa shape index (κ2) is 7.22. The number of carbonyl (C=O) groups is 2. The van der Waals surface area contributed by atoms with E-state index in [-0.39, 0.29) is 5.92 Å². The third-order valence-corrected chi connectivity index (χ3v) is 2.50. The summed E-state index contributed by atoms with van der Waals surface area (Å²) in [6.45, 7) is 5.66. The Morgan fingerprint density at radius 2 is 1.94 bits per heavy atom. The maximum absolute atomic E-state index is 11.1. The van der Waals surface area contributed by atoms with Gasteiger partial charge in [-0.2, -0.15) is 0 Å². The van der Waals surface area contributed by atoms with Crippen molar-refractivity contribution in [3.8, 4) is 0 Å². The van der Waals surface area contributed by atoms with Gasteiger partial charge in [0.25, 0.3) is 0 Å². The number of amides is 1. The van der Waals surface area contributed by atoms with Gasteiger partial charge in [-0.15, -0.1) is 0 Å². The summed E-state index contributed by atoms with van der Waals surface area (Å²) >= 11 is 0. The molecule has 2 unspecified atom stereocenters. The van der Waals surface area contributed by atoms with Gasteiger partial charge in [-0.1, -0.05) is 33.6 Å². The molecule has 0 bridgehead atoms. The summed E-state index contributed by atoms with van der Waals surface area (Å²) in [5, 5.41) is 11.8. The largest absolute Gasteiger partial charge is 0.480 e. The average Bonchev–Trinajstić information content (AvgIpc) is 2.16. The number of nitrogens with one attached hydrogen (secondary N) is 1. The highest BCUT2D eigenvalue weighted by molar-refractivity contribution is 5.81. The van der Waals surface area contributed by atoms with E-state index in [1.807, 2.05) is 20.8 Å². The van der Waals surface area contributed by atoms with E-state index in [1.165, 1.54) is 0 Å². The van der Waals surface area contributed by atoms with Gasteiger partial charge in [-0.25, -0.2) is 0 Å². The first-order valence-corrected chi connectivity index (χ1v) is 5.68. The van der Waals surface area contributed by atoms with Crippen LogP contribution in [0.15, 0.2) is 0 Å². The fourth-order valence-electron chi connectivity index (χ4n) is 1.51. The quantitative estimate of drug-likeness (QED) is 0.573. The molecule has 1 amide bonds. The molecule has 2 atom stereocenters. The molecule has 94 valence electrons. The molecule has 5 nitrogen and oxygen atoms in total. The van der Waals surface area contributed by atoms with Crippen LogP contribution in [0.2, 0.25) is 0 Å². The summed E-state index contributed by atoms with van der Waals surface area (Å²) in [6.07, 6.45) is 2.25. The molecule has 0 aliphatic carbocycles. The molecule has 0 aromatic carbocycles. The molecular formula is C11H22N2O3. The fourth-order valence-corrected chi connectivity index (χ4v) is 1.51. The van der Waals surface area contributed by atoms with Crippen molar-refractivity contribution in [2.75, 3.05) is 0 Å². The van der Waals surface area contributed by atoms with E-state index in [0.717, 1.165) is 12.8 Å². The summed E-state index contributed by atoms with van der Waals surface area (Å²) in [7, 11) is 0. The Morgan fingerprint density at radius 3 is 2.25 bits per heavy atom. The van der Waals surface area contributed by atoms with Crippen LogP contribution in [0.4, 0.5) is 0 Å². The number of primary amides is 1. The molecular weight excluding hydrogens is 208 g/mol. The molecule has 0 saturated heterocycles. The van der Waals surface area contributed by atoms with Crippen LogP contribution in [-0.4, -0.2) is 29.1 Å². The van der Waals surface area contributed by atoms with Crippen molar-refractivity contribution in [3.63, 3.8) is 0 Å². The van der Waals surface area contributed by atoms with E-state index < -0.39 is 24.0 Å². The SMILES string of the molecule is CCCCC(NC(C(N)=O)C(C)C)C(=O)O. The summed E-state index contributed by atoms with van der Waals surface area (Å²) in [6, 6.07) is -1.28. The predicted octanol–water partition coefficient (Wildman–Crippen LogP) is 0.729. The third kappa shape index (κ3) is 5.11. The van der Waals surface area contributed by atoms with Crippen LogP contribution < -0.4 is 11.1 Å². The highest BCUT2D eigenvalue weighted by Gasteiger charge is 2.26. The number of nitrogens with two attached hydrogens (primary N) is 1. The number of hydrogen-bond donors (Lipinski definition) is 3. The number of unbranched alkanes of at least 4 members (excludes halogenated alkanes) is 1. The van der Waals surface area contributed by atoms with Crippen LogP contribution >= 0.6 is 0 Å². The number of aliphatic carboxylic acids is 1. The van der Waals surface area contributed by atoms with Crippen LogP contribution in [0.1, 0.15) is 40.0 Å². The molecule has 0 saturated carbocycles. The highest BCUT2D eigenvalue weighted by Crippen LogP contribution is 2.07. The first kappa shape index (κ1) is 14.9. The van der Waals surface area contributed by atoms with E-state index in [1.54, 1.807) is 0 Å². The van der Waals surface area contributed by atoms with Gasteiger partial charge in [0.15, 0.2) is 0 Å². The van der Waals surface area contributed by atoms with Crippen molar-refractivity contribution in [3.05, 3.63) is 0 Å². The molecule has 0 aromatic rings. The van der Waals surface area contributed by atoms with Crippen molar-refractivity contribution >= 4 is 11.9 Å². The van der Waals surface area contributed by atoms with E-state index in [0.29, 0.717) is 6.42 Å². The lowest BCUT2D eigenvalue weighted by Gasteiger charge is -2.23. The van der Waals surface area contributed by atoms with Gasteiger partial charge in [-0.3, -0.25) is 14.9 Å². The Kier molecular flexibility index (Phi) is 6.72. The molecule has 0 radical (unpaired) electrons. The van der Waals surface area contributed by atoms with Crippen LogP contribution in [0.5, 0.6) is 0 Å². The Balaban J connectivity index is 4.45. The molecule has 0 rings (SSSR count). The van der Waals surface area contributed by atoms with Crippen LogP contribution in [0.25, 0.3) is 0 Å². The minimum Gasteiger partial charge on any atom is -0.480 e. The van der Waals surface area contributed by atoms with Gasteiger partial charge in [0.05, 0.1) is 6.04 Å². The van der Waals surface area contributed by atoms with E-state index in [2.05, 4.69) is 5.32 Å². The first-order valence-electron chi connectivity index (χ1n) is 5.68. The lowest BCUT2D eigenvalue weighted by molar-refractivity contribution is -0.140. The van der Waals surface area contributed by atoms with Crippen molar-refractivity contribution in [2.24, 2.45) is 11.7 Å². The van der Waals surface area contributed by atoms with Crippen LogP contribution in [0.3, 0.4) is 0 Å². The van der Waals surface area contributed by atoms with Crippen LogP contribution in [0, 0.1) is 5.92 Å². The molecule has 0 aliphatic heterocycles. The average molecular weight is 230 g/mol. The van der Waals surface area contributed by atoms with Gasteiger partial charge in [-0.05, 0) is 12.3 Å². The first-order chi connectivity index (χ1) is 7.40. The summed E-state index contributed by atoms with van der Waals surface area (Å²) < 4.78 is 0. The lowest BCUT2D eigenvalue weighted by Crippen LogP contribution is -2.52. The van der Waals surface area contributed by atoms with Gasteiger partial charge in [0.2, 0.25) is 5.91 Å². The topological polar surface area (TPSA) is 92.4 Å². The minimum absolute atomic E-state index is 0.0130. The predicted molar refractivity (Wildman–Crippen MR) is 61.9 cm³/mol. The molecule has 0 heterocycles. The van der Waals surface area contributed by atoms with Crippen molar-refractivity contribution < 1.29 is 14.7 Å². The Bertz CT molecular complexity index is 241. The Morgan fingerprint density at radius 1 is 1.38 bits per heavy atom. The van der Waals surface area contributed by atoms with E-state index in [9.17, 15) is 9.59 Å². The fraction of sp³-hybridized carbons (Fsp3) is 0.818. The van der Waals surface area contributed by atoms with Gasteiger partial charge in [0.1, 0.15) is 6.04 Å². The smallest absolute Gasteiger partial charge is 0.320 e. The lowest BCUT2D eigenvalue weighted by atomic mass is 10.0. The molecule has 0 spiro atoms. The number of carboxylic acids is 1. The molecule has 0 aromatic heterocycles. The van der Waals surface area contributed by atoms with Gasteiger partial charge < -0.3 is 10.8 Å². The van der Waals surface area contributed by atoms with Crippen molar-refractivity contribution in [1.82, 2.24) is 5.32 Å². The number of carboxylic acid groups (broad SMARTS) is 1. The normalized spacial score (nSPS) is 14.8. The standard InChI is InChI=1S/C11H22N2O3/c1-4-5-6-8(11(15)16)13-9(7(2)3)10(12)14/h7-9,13H,4-6H2,1-3H3,(H2,12,14)(H,15,16). The zero-order valence-electron chi connectivity index (χ0n) is 10.2. The Hall–Kier alpha value is -1.10. The van der Waals surface area contributed by atoms with Crippen LogP contribution in [-0.2, 0) is 9.59 Å². The molecule has 0 aliphatic rings. The second-order valence-electron chi connectivity index (χ2n) is 4.32. The van der Waals surface area contributed by atoms with Gasteiger partial charge in [0, 0.05) is 0 Å². The monoisotopic (exact) mass is 230 g/mol. The number of carbonyl (C=O) groups excluding carboxylic acids is 1. The summed E-state index contributed by atoms with van der Waals surface area (Å²) in [5.41, 5.74) is 5.22. The summed E-state index contributed by atoms with van der Waals surface area (Å²) in [4.78, 5) is 22.1. The highest BCUT2D eigenvalue weighted by atomic mass is 16.4. The van der Waals surface area contributed by atoms with E-state index >= 15 is 0 Å². The maximum Gasteiger partial charge on any atom is 0.320 e. The van der Waals surface area contributed by atoms with E-state index in [4.69, 9.17) is 10.8 Å². The maximum atomic E-state index is 11.1. The zero-order chi connectivity index (χ0) is 12.7. The second-order valence-corrected chi connectivity index (χ2v) is 4.32. The van der Waals surface area contributed by atoms with Crippen molar-refractivity contribution in [1.29, 1.82) is 0 Å². The molecule has 4 N–H and O–H groups in total. The molecule has 16 heavy (non-hydrogen) atoms. The minimum atomic E-state index is -0.930. The van der Waals surface area contributed by atoms with Gasteiger partial charge >= 0.3 is 5.97 Å². The Labute approximate surface area is 96.4 Å². The number of hydrogen-bond acceptors (Lipinski definition) is 3. The molecule has 5 heteroatoms. The zero-order valence-corrected chi connectivity index (χ0v) is 10.2. The molecule has 0 fully saturated rings.